The average molecular weight is 541 g/mol. The number of ether oxygens (including phenoxy) is 4. The van der Waals surface area contributed by atoms with Crippen molar-refractivity contribution in [1.29, 1.82) is 0 Å². The third-order valence-electron chi connectivity index (χ3n) is 6.77. The van der Waals surface area contributed by atoms with Gasteiger partial charge in [0, 0.05) is 38.0 Å². The molecule has 3 aromatic rings. The molecule has 2 aliphatic heterocycles. The quantitative estimate of drug-likeness (QED) is 0.404. The van der Waals surface area contributed by atoms with Gasteiger partial charge in [0.05, 0.1) is 29.8 Å². The van der Waals surface area contributed by atoms with Crippen LogP contribution in [0.3, 0.4) is 0 Å². The SMILES string of the molecule is COCOc1cc(-n2ccnc2)ccc1-c1ncc(O[C@@H]2C[C@@H]3CCCC([C@@H]2F)N3C(=O)OC(C)(C)C)nn1. The molecule has 2 aromatic heterocycles. The summed E-state index contributed by atoms with van der Waals surface area (Å²) < 4.78 is 39.8. The summed E-state index contributed by atoms with van der Waals surface area (Å²) in [6, 6.07) is 4.77. The number of fused-ring (bicyclic) bond motifs is 2. The van der Waals surface area contributed by atoms with Crippen LogP contribution in [0, 0.1) is 0 Å². The Balaban J connectivity index is 1.31. The summed E-state index contributed by atoms with van der Waals surface area (Å²) in [5, 5.41) is 8.39. The van der Waals surface area contributed by atoms with E-state index in [4.69, 9.17) is 18.9 Å². The average Bonchev–Trinajstić information content (AvgIpc) is 3.45. The van der Waals surface area contributed by atoms with Gasteiger partial charge in [-0.1, -0.05) is 0 Å². The van der Waals surface area contributed by atoms with Gasteiger partial charge >= 0.3 is 6.09 Å². The summed E-state index contributed by atoms with van der Waals surface area (Å²) in [5.41, 5.74) is 0.799. The lowest BCUT2D eigenvalue weighted by Crippen LogP contribution is -2.63. The van der Waals surface area contributed by atoms with Gasteiger partial charge in [0.2, 0.25) is 0 Å². The zero-order valence-electron chi connectivity index (χ0n) is 22.5. The summed E-state index contributed by atoms with van der Waals surface area (Å²) in [5.74, 6) is 0.938. The predicted molar refractivity (Wildman–Crippen MR) is 138 cm³/mol. The predicted octanol–water partition coefficient (Wildman–Crippen LogP) is 4.35. The number of nitrogens with zero attached hydrogens (tertiary/aromatic N) is 6. The second-order valence-corrected chi connectivity index (χ2v) is 10.7. The van der Waals surface area contributed by atoms with E-state index in [1.165, 1.54) is 13.3 Å². The van der Waals surface area contributed by atoms with Crippen LogP contribution in [0.15, 0.2) is 43.1 Å². The van der Waals surface area contributed by atoms with Gasteiger partial charge in [-0.25, -0.2) is 19.2 Å². The molecule has 2 bridgehead atoms. The molecule has 4 atom stereocenters. The van der Waals surface area contributed by atoms with Gasteiger partial charge in [-0.15, -0.1) is 10.2 Å². The van der Waals surface area contributed by atoms with E-state index < -0.39 is 30.0 Å². The molecule has 2 fully saturated rings. The molecule has 1 unspecified atom stereocenters. The van der Waals surface area contributed by atoms with Crippen molar-refractivity contribution in [2.75, 3.05) is 13.9 Å². The van der Waals surface area contributed by atoms with Gasteiger partial charge in [-0.3, -0.25) is 4.90 Å². The molecule has 11 nitrogen and oxygen atoms in total. The van der Waals surface area contributed by atoms with Crippen molar-refractivity contribution < 1.29 is 28.1 Å². The van der Waals surface area contributed by atoms with Crippen LogP contribution in [0.4, 0.5) is 9.18 Å². The molecule has 2 saturated heterocycles. The number of imidazole rings is 1. The number of aromatic nitrogens is 5. The summed E-state index contributed by atoms with van der Waals surface area (Å²) in [7, 11) is 1.54. The van der Waals surface area contributed by atoms with Gasteiger partial charge in [0.1, 0.15) is 17.5 Å². The van der Waals surface area contributed by atoms with Crippen LogP contribution in [-0.2, 0) is 9.47 Å². The van der Waals surface area contributed by atoms with Crippen molar-refractivity contribution in [3.05, 3.63) is 43.1 Å². The van der Waals surface area contributed by atoms with Crippen molar-refractivity contribution in [3.8, 4) is 28.7 Å². The molecule has 0 saturated carbocycles. The summed E-state index contributed by atoms with van der Waals surface area (Å²) >= 11 is 0. The molecule has 5 rings (SSSR count). The zero-order chi connectivity index (χ0) is 27.6. The number of carbonyl (C=O) groups excluding carboxylic acids is 1. The van der Waals surface area contributed by atoms with Crippen molar-refractivity contribution in [3.63, 3.8) is 0 Å². The van der Waals surface area contributed by atoms with Crippen molar-refractivity contribution in [2.24, 2.45) is 0 Å². The lowest BCUT2D eigenvalue weighted by atomic mass is 9.82. The van der Waals surface area contributed by atoms with Gasteiger partial charge in [-0.05, 0) is 52.2 Å². The smallest absolute Gasteiger partial charge is 0.410 e. The second kappa shape index (κ2) is 11.1. The lowest BCUT2D eigenvalue weighted by molar-refractivity contribution is -0.0802. The van der Waals surface area contributed by atoms with Crippen LogP contribution in [0.1, 0.15) is 46.5 Å². The Morgan fingerprint density at radius 1 is 1.21 bits per heavy atom. The Labute approximate surface area is 226 Å². The first-order chi connectivity index (χ1) is 18.7. The number of benzene rings is 1. The molecule has 0 aliphatic carbocycles. The molecule has 1 amide bonds. The van der Waals surface area contributed by atoms with E-state index in [9.17, 15) is 4.79 Å². The summed E-state index contributed by atoms with van der Waals surface area (Å²) in [4.78, 5) is 22.9. The molecule has 2 aliphatic rings. The molecular weight excluding hydrogens is 507 g/mol. The molecule has 0 radical (unpaired) electrons. The highest BCUT2D eigenvalue weighted by atomic mass is 19.1. The highest BCUT2D eigenvalue weighted by Crippen LogP contribution is 2.38. The van der Waals surface area contributed by atoms with E-state index in [0.717, 1.165) is 18.5 Å². The van der Waals surface area contributed by atoms with E-state index in [1.807, 2.05) is 29.0 Å². The second-order valence-electron chi connectivity index (χ2n) is 10.7. The van der Waals surface area contributed by atoms with Gasteiger partial charge in [-0.2, -0.15) is 0 Å². The minimum absolute atomic E-state index is 0.0389. The number of piperidine rings is 2. The number of alkyl halides is 1. The molecule has 39 heavy (non-hydrogen) atoms. The van der Waals surface area contributed by atoms with Gasteiger partial charge in [0.25, 0.3) is 5.88 Å². The Morgan fingerprint density at radius 3 is 2.74 bits per heavy atom. The first kappa shape index (κ1) is 26.8. The summed E-state index contributed by atoms with van der Waals surface area (Å²) in [6.07, 6.45) is 6.50. The molecule has 0 spiro atoms. The standard InChI is InChI=1S/C27H33FN6O5/c1-27(2,3)39-26(35)34-18-6-5-7-20(34)24(28)22(13-18)38-23-14-30-25(32-31-23)19-9-8-17(33-11-10-29-15-33)12-21(19)37-16-36-4/h8-12,14-15,18,20,22,24H,5-7,13,16H2,1-4H3/t18-,20?,22+,24-/m0/s1. The fourth-order valence-corrected chi connectivity index (χ4v) is 5.12. The third kappa shape index (κ3) is 5.95. The Bertz CT molecular complexity index is 1270. The molecule has 0 N–H and O–H groups in total. The van der Waals surface area contributed by atoms with Crippen molar-refractivity contribution in [2.45, 2.75) is 76.4 Å². The highest BCUT2D eigenvalue weighted by Gasteiger charge is 2.50. The van der Waals surface area contributed by atoms with Gasteiger partial charge in [0.15, 0.2) is 18.8 Å². The monoisotopic (exact) mass is 540 g/mol. The van der Waals surface area contributed by atoms with Crippen LogP contribution in [0.25, 0.3) is 17.1 Å². The van der Waals surface area contributed by atoms with E-state index in [1.54, 1.807) is 38.2 Å². The van der Waals surface area contributed by atoms with Crippen LogP contribution in [0.5, 0.6) is 11.6 Å². The maximum Gasteiger partial charge on any atom is 0.410 e. The normalized spacial score (nSPS) is 22.8. The number of rotatable bonds is 7. The number of hydrogen-bond donors (Lipinski definition) is 0. The number of hydrogen-bond acceptors (Lipinski definition) is 9. The van der Waals surface area contributed by atoms with Gasteiger partial charge < -0.3 is 23.5 Å². The molecule has 4 heterocycles. The van der Waals surface area contributed by atoms with Crippen molar-refractivity contribution >= 4 is 6.09 Å². The van der Waals surface area contributed by atoms with Crippen molar-refractivity contribution in [1.82, 2.24) is 29.6 Å². The van der Waals surface area contributed by atoms with E-state index >= 15 is 4.39 Å². The Hall–Kier alpha value is -3.80. The summed E-state index contributed by atoms with van der Waals surface area (Å²) in [6.45, 7) is 5.45. The fourth-order valence-electron chi connectivity index (χ4n) is 5.12. The molecule has 208 valence electrons. The van der Waals surface area contributed by atoms with Crippen LogP contribution in [-0.4, -0.2) is 79.6 Å². The Kier molecular flexibility index (Phi) is 7.65. The largest absolute Gasteiger partial charge is 0.469 e. The maximum absolute atomic E-state index is 15.6. The minimum Gasteiger partial charge on any atom is -0.469 e. The topological polar surface area (TPSA) is 114 Å². The Morgan fingerprint density at radius 2 is 2.05 bits per heavy atom. The molecule has 12 heteroatoms. The zero-order valence-corrected chi connectivity index (χ0v) is 22.5. The molecule has 1 aromatic carbocycles. The fraction of sp³-hybridized carbons (Fsp3) is 0.519. The van der Waals surface area contributed by atoms with E-state index in [0.29, 0.717) is 30.0 Å². The number of halogens is 1. The third-order valence-corrected chi connectivity index (χ3v) is 6.77. The first-order valence-electron chi connectivity index (χ1n) is 13.0. The number of amides is 1. The first-order valence-corrected chi connectivity index (χ1v) is 13.0. The van der Waals surface area contributed by atoms with E-state index in [-0.39, 0.29) is 18.7 Å². The van der Waals surface area contributed by atoms with Crippen LogP contribution >= 0.6 is 0 Å². The van der Waals surface area contributed by atoms with Crippen LogP contribution < -0.4 is 9.47 Å². The van der Waals surface area contributed by atoms with E-state index in [2.05, 4.69) is 20.2 Å². The lowest BCUT2D eigenvalue weighted by Gasteiger charge is -2.49. The number of methoxy groups -OCH3 is 1. The number of carbonyl (C=O) groups is 1. The maximum atomic E-state index is 15.6. The highest BCUT2D eigenvalue weighted by molar-refractivity contribution is 5.69. The minimum atomic E-state index is -1.39. The molecular formula is C27H33FN6O5. The van der Waals surface area contributed by atoms with Crippen LogP contribution in [0.2, 0.25) is 0 Å².